The molecule has 0 amide bonds. The molecule has 1 saturated heterocycles. The van der Waals surface area contributed by atoms with Crippen LogP contribution >= 0.6 is 0 Å². The van der Waals surface area contributed by atoms with Crippen LogP contribution in [0.4, 0.5) is 5.69 Å². The Morgan fingerprint density at radius 3 is 2.86 bits per heavy atom. The topological polar surface area (TPSA) is 3.24 Å². The number of hydrogen-bond acceptors (Lipinski definition) is 1. The zero-order valence-corrected chi connectivity index (χ0v) is 8.90. The van der Waals surface area contributed by atoms with Crippen molar-refractivity contribution in [1.29, 1.82) is 0 Å². The number of aryl methyl sites for hydroxylation is 1. The number of anilines is 1. The summed E-state index contributed by atoms with van der Waals surface area (Å²) in [6.45, 7) is 5.83. The van der Waals surface area contributed by atoms with E-state index in [1.807, 2.05) is 0 Å². The summed E-state index contributed by atoms with van der Waals surface area (Å²) < 4.78 is 0. The summed E-state index contributed by atoms with van der Waals surface area (Å²) in [6, 6.07) is 9.66. The monoisotopic (exact) mass is 187 g/mol. The first-order chi connectivity index (χ1) is 6.75. The van der Waals surface area contributed by atoms with Crippen molar-refractivity contribution in [2.45, 2.75) is 26.3 Å². The summed E-state index contributed by atoms with van der Waals surface area (Å²) in [5.74, 6) is 2.00. The highest BCUT2D eigenvalue weighted by atomic mass is 15.2. The number of rotatable bonds is 1. The third-order valence-electron chi connectivity index (χ3n) is 3.85. The van der Waals surface area contributed by atoms with E-state index in [0.29, 0.717) is 0 Å². The highest BCUT2D eigenvalue weighted by molar-refractivity contribution is 5.51. The number of hydrogen-bond donors (Lipinski definition) is 0. The average molecular weight is 187 g/mol. The summed E-state index contributed by atoms with van der Waals surface area (Å²) in [5, 5.41) is 0. The van der Waals surface area contributed by atoms with E-state index in [-0.39, 0.29) is 0 Å². The Morgan fingerprint density at radius 2 is 2.21 bits per heavy atom. The molecule has 0 radical (unpaired) electrons. The van der Waals surface area contributed by atoms with Crippen LogP contribution in [0.2, 0.25) is 0 Å². The van der Waals surface area contributed by atoms with E-state index in [1.165, 1.54) is 24.2 Å². The van der Waals surface area contributed by atoms with E-state index < -0.39 is 0 Å². The first kappa shape index (κ1) is 8.34. The quantitative estimate of drug-likeness (QED) is 0.653. The molecule has 1 aromatic carbocycles. The number of benzene rings is 1. The molecule has 1 heteroatoms. The highest BCUT2D eigenvalue weighted by Gasteiger charge is 2.50. The standard InChI is InChI=1S/C13H17N/c1-9-4-3-5-12(6-9)14-8-11-7-13(11)10(14)2/h3-6,10-11,13H,7-8H2,1-2H3/t10?,11-,13+/m0/s1. The summed E-state index contributed by atoms with van der Waals surface area (Å²) in [6.07, 6.45) is 1.48. The van der Waals surface area contributed by atoms with Crippen LogP contribution in [0, 0.1) is 18.8 Å². The molecule has 1 heterocycles. The first-order valence-corrected chi connectivity index (χ1v) is 5.59. The van der Waals surface area contributed by atoms with Gasteiger partial charge in [-0.3, -0.25) is 0 Å². The minimum absolute atomic E-state index is 0.766. The summed E-state index contributed by atoms with van der Waals surface area (Å²) >= 11 is 0. The SMILES string of the molecule is Cc1cccc(N2C[C@@H]3C[C@@H]3C2C)c1. The minimum Gasteiger partial charge on any atom is -0.368 e. The molecule has 2 fully saturated rings. The Bertz CT molecular complexity index is 358. The van der Waals surface area contributed by atoms with E-state index in [1.54, 1.807) is 0 Å². The molecule has 74 valence electrons. The number of nitrogens with zero attached hydrogens (tertiary/aromatic N) is 1. The largest absolute Gasteiger partial charge is 0.368 e. The predicted octanol–water partition coefficient (Wildman–Crippen LogP) is 2.84. The second-order valence-corrected chi connectivity index (χ2v) is 4.89. The van der Waals surface area contributed by atoms with Gasteiger partial charge in [-0.15, -0.1) is 0 Å². The van der Waals surface area contributed by atoms with Crippen LogP contribution in [0.1, 0.15) is 18.9 Å². The van der Waals surface area contributed by atoms with Crippen molar-refractivity contribution in [3.63, 3.8) is 0 Å². The van der Waals surface area contributed by atoms with Crippen molar-refractivity contribution < 1.29 is 0 Å². The van der Waals surface area contributed by atoms with Gasteiger partial charge in [0.2, 0.25) is 0 Å². The molecule has 1 aliphatic heterocycles. The van der Waals surface area contributed by atoms with Crippen molar-refractivity contribution in [3.8, 4) is 0 Å². The number of piperidine rings is 1. The molecule has 1 nitrogen and oxygen atoms in total. The van der Waals surface area contributed by atoms with Gasteiger partial charge in [0.25, 0.3) is 0 Å². The zero-order valence-electron chi connectivity index (χ0n) is 8.90. The fourth-order valence-electron chi connectivity index (χ4n) is 2.87. The molecule has 1 aliphatic carbocycles. The normalized spacial score (nSPS) is 34.4. The van der Waals surface area contributed by atoms with Gasteiger partial charge in [0.05, 0.1) is 0 Å². The van der Waals surface area contributed by atoms with Crippen LogP contribution in [0.25, 0.3) is 0 Å². The van der Waals surface area contributed by atoms with E-state index in [4.69, 9.17) is 0 Å². The van der Waals surface area contributed by atoms with Crippen molar-refractivity contribution in [2.75, 3.05) is 11.4 Å². The molecular formula is C13H17N. The summed E-state index contributed by atoms with van der Waals surface area (Å²) in [7, 11) is 0. The van der Waals surface area contributed by atoms with Crippen LogP contribution in [0.3, 0.4) is 0 Å². The maximum absolute atomic E-state index is 2.58. The van der Waals surface area contributed by atoms with E-state index in [2.05, 4.69) is 43.0 Å². The Balaban J connectivity index is 1.89. The second kappa shape index (κ2) is 2.75. The van der Waals surface area contributed by atoms with Crippen LogP contribution in [0.5, 0.6) is 0 Å². The molecular weight excluding hydrogens is 170 g/mol. The molecule has 3 rings (SSSR count). The van der Waals surface area contributed by atoms with Crippen molar-refractivity contribution in [1.82, 2.24) is 0 Å². The predicted molar refractivity (Wildman–Crippen MR) is 59.6 cm³/mol. The second-order valence-electron chi connectivity index (χ2n) is 4.89. The molecule has 0 aromatic heterocycles. The first-order valence-electron chi connectivity index (χ1n) is 5.59. The van der Waals surface area contributed by atoms with Gasteiger partial charge in [0.1, 0.15) is 0 Å². The molecule has 0 bridgehead atoms. The van der Waals surface area contributed by atoms with Crippen molar-refractivity contribution in [3.05, 3.63) is 29.8 Å². The smallest absolute Gasteiger partial charge is 0.0371 e. The molecule has 0 N–H and O–H groups in total. The Labute approximate surface area is 85.7 Å². The van der Waals surface area contributed by atoms with Crippen LogP contribution in [-0.2, 0) is 0 Å². The fourth-order valence-corrected chi connectivity index (χ4v) is 2.87. The Hall–Kier alpha value is -0.980. The molecule has 1 saturated carbocycles. The maximum Gasteiger partial charge on any atom is 0.0371 e. The lowest BCUT2D eigenvalue weighted by Crippen LogP contribution is -2.30. The van der Waals surface area contributed by atoms with Gasteiger partial charge in [-0.05, 0) is 49.8 Å². The van der Waals surface area contributed by atoms with Gasteiger partial charge >= 0.3 is 0 Å². The van der Waals surface area contributed by atoms with Gasteiger partial charge in [-0.25, -0.2) is 0 Å². The third-order valence-corrected chi connectivity index (χ3v) is 3.85. The van der Waals surface area contributed by atoms with Gasteiger partial charge < -0.3 is 4.90 Å². The fraction of sp³-hybridized carbons (Fsp3) is 0.538. The van der Waals surface area contributed by atoms with Gasteiger partial charge in [-0.2, -0.15) is 0 Å². The van der Waals surface area contributed by atoms with Crippen molar-refractivity contribution in [2.24, 2.45) is 11.8 Å². The molecule has 2 aliphatic rings. The van der Waals surface area contributed by atoms with E-state index >= 15 is 0 Å². The van der Waals surface area contributed by atoms with Gasteiger partial charge in [0, 0.05) is 18.3 Å². The Kier molecular flexibility index (Phi) is 1.64. The summed E-state index contributed by atoms with van der Waals surface area (Å²) in [5.41, 5.74) is 2.79. The van der Waals surface area contributed by atoms with Crippen LogP contribution in [0.15, 0.2) is 24.3 Å². The lowest BCUT2D eigenvalue weighted by Gasteiger charge is -2.27. The van der Waals surface area contributed by atoms with Gasteiger partial charge in [-0.1, -0.05) is 12.1 Å². The van der Waals surface area contributed by atoms with E-state index in [0.717, 1.165) is 17.9 Å². The Morgan fingerprint density at radius 1 is 1.36 bits per heavy atom. The lowest BCUT2D eigenvalue weighted by atomic mass is 10.1. The lowest BCUT2D eigenvalue weighted by molar-refractivity contribution is 0.648. The maximum atomic E-state index is 2.58. The molecule has 3 atom stereocenters. The molecule has 1 unspecified atom stereocenters. The average Bonchev–Trinajstić information content (AvgIpc) is 2.86. The van der Waals surface area contributed by atoms with Gasteiger partial charge in [0.15, 0.2) is 0 Å². The third kappa shape index (κ3) is 1.15. The zero-order chi connectivity index (χ0) is 9.71. The molecule has 0 spiro atoms. The summed E-state index contributed by atoms with van der Waals surface area (Å²) in [4.78, 5) is 2.58. The van der Waals surface area contributed by atoms with Crippen LogP contribution < -0.4 is 4.90 Å². The highest BCUT2D eigenvalue weighted by Crippen LogP contribution is 2.50. The molecule has 14 heavy (non-hydrogen) atoms. The number of fused-ring (bicyclic) bond motifs is 1. The molecule has 1 aromatic rings. The van der Waals surface area contributed by atoms with Crippen LogP contribution in [-0.4, -0.2) is 12.6 Å². The van der Waals surface area contributed by atoms with Crippen molar-refractivity contribution >= 4 is 5.69 Å². The van der Waals surface area contributed by atoms with E-state index in [9.17, 15) is 0 Å². The minimum atomic E-state index is 0.766.